The van der Waals surface area contributed by atoms with E-state index in [9.17, 15) is 9.59 Å². The number of fused-ring (bicyclic) bond motifs is 1. The van der Waals surface area contributed by atoms with E-state index in [1.165, 1.54) is 28.9 Å². The molecule has 3 aromatic rings. The Labute approximate surface area is 141 Å². The lowest BCUT2D eigenvalue weighted by molar-refractivity contribution is -0.116. The highest BCUT2D eigenvalue weighted by Crippen LogP contribution is 2.26. The molecule has 0 aliphatic heterocycles. The van der Waals surface area contributed by atoms with E-state index >= 15 is 0 Å². The third-order valence-electron chi connectivity index (χ3n) is 3.48. The van der Waals surface area contributed by atoms with Crippen LogP contribution < -0.4 is 15.6 Å². The lowest BCUT2D eigenvalue weighted by atomic mass is 10.3. The third kappa shape index (κ3) is 2.95. The second-order valence-electron chi connectivity index (χ2n) is 5.08. The molecule has 0 atom stereocenters. The monoisotopic (exact) mass is 347 g/mol. The molecule has 24 heavy (non-hydrogen) atoms. The van der Waals surface area contributed by atoms with Gasteiger partial charge in [0.15, 0.2) is 5.65 Å². The summed E-state index contributed by atoms with van der Waals surface area (Å²) in [5.41, 5.74) is 0.574. The molecule has 8 nitrogen and oxygen atoms in total. The molecule has 124 valence electrons. The number of halogens is 1. The lowest BCUT2D eigenvalue weighted by Crippen LogP contribution is -2.27. The molecular formula is C15H14ClN5O3. The number of hydrogen-bond acceptors (Lipinski definition) is 5. The van der Waals surface area contributed by atoms with Crippen LogP contribution in [0.5, 0.6) is 5.75 Å². The van der Waals surface area contributed by atoms with Crippen molar-refractivity contribution in [1.82, 2.24) is 19.3 Å². The van der Waals surface area contributed by atoms with E-state index in [4.69, 9.17) is 16.3 Å². The maximum atomic E-state index is 12.3. The topological polar surface area (TPSA) is 91.0 Å². The molecule has 2 aromatic heterocycles. The van der Waals surface area contributed by atoms with Gasteiger partial charge >= 0.3 is 0 Å². The number of methoxy groups -OCH3 is 1. The lowest BCUT2D eigenvalue weighted by Gasteiger charge is -2.09. The van der Waals surface area contributed by atoms with E-state index < -0.39 is 5.91 Å². The van der Waals surface area contributed by atoms with Crippen LogP contribution in [0.3, 0.4) is 0 Å². The van der Waals surface area contributed by atoms with Gasteiger partial charge in [0, 0.05) is 13.1 Å². The minimum Gasteiger partial charge on any atom is -0.497 e. The largest absolute Gasteiger partial charge is 0.497 e. The number of hydrogen-bond donors (Lipinski definition) is 1. The molecule has 0 fully saturated rings. The maximum absolute atomic E-state index is 12.3. The van der Waals surface area contributed by atoms with E-state index in [0.717, 1.165) is 0 Å². The minimum absolute atomic E-state index is 0.182. The van der Waals surface area contributed by atoms with E-state index in [2.05, 4.69) is 15.4 Å². The van der Waals surface area contributed by atoms with Crippen LogP contribution in [-0.2, 0) is 18.4 Å². The number of benzene rings is 1. The predicted octanol–water partition coefficient (Wildman–Crippen LogP) is 1.43. The first kappa shape index (κ1) is 16.0. The van der Waals surface area contributed by atoms with Crippen LogP contribution >= 0.6 is 11.6 Å². The summed E-state index contributed by atoms with van der Waals surface area (Å²) >= 11 is 6.08. The van der Waals surface area contributed by atoms with Crippen molar-refractivity contribution < 1.29 is 9.53 Å². The Bertz CT molecular complexity index is 979. The average Bonchev–Trinajstić information content (AvgIpc) is 2.94. The first-order valence-electron chi connectivity index (χ1n) is 7.00. The number of rotatable bonds is 4. The van der Waals surface area contributed by atoms with Gasteiger partial charge in [-0.15, -0.1) is 0 Å². The summed E-state index contributed by atoms with van der Waals surface area (Å²) in [7, 11) is 3.22. The fourth-order valence-electron chi connectivity index (χ4n) is 2.25. The highest BCUT2D eigenvalue weighted by molar-refractivity contribution is 6.33. The fourth-order valence-corrected chi connectivity index (χ4v) is 2.47. The second kappa shape index (κ2) is 6.32. The Hall–Kier alpha value is -2.87. The number of amides is 1. The summed E-state index contributed by atoms with van der Waals surface area (Å²) < 4.78 is 7.77. The SMILES string of the molecule is COc1ccc(NC(=O)Cn2cnc3c(cnn3C)c2=O)c(Cl)c1. The average molecular weight is 348 g/mol. The summed E-state index contributed by atoms with van der Waals surface area (Å²) in [5.74, 6) is 0.189. The summed E-state index contributed by atoms with van der Waals surface area (Å²) in [6, 6.07) is 4.90. The van der Waals surface area contributed by atoms with E-state index in [0.29, 0.717) is 27.5 Å². The summed E-state index contributed by atoms with van der Waals surface area (Å²) in [4.78, 5) is 28.6. The molecule has 3 rings (SSSR count). The van der Waals surface area contributed by atoms with Gasteiger partial charge in [-0.2, -0.15) is 5.10 Å². The highest BCUT2D eigenvalue weighted by Gasteiger charge is 2.12. The van der Waals surface area contributed by atoms with Crippen LogP contribution in [0.2, 0.25) is 5.02 Å². The summed E-state index contributed by atoms with van der Waals surface area (Å²) in [6.45, 7) is -0.182. The predicted molar refractivity (Wildman–Crippen MR) is 89.4 cm³/mol. The Morgan fingerprint density at radius 2 is 2.21 bits per heavy atom. The maximum Gasteiger partial charge on any atom is 0.264 e. The Morgan fingerprint density at radius 1 is 1.42 bits per heavy atom. The molecule has 1 aromatic carbocycles. The van der Waals surface area contributed by atoms with E-state index in [1.807, 2.05) is 0 Å². The molecule has 0 aliphatic carbocycles. The van der Waals surface area contributed by atoms with Gasteiger partial charge in [0.1, 0.15) is 24.0 Å². The number of aryl methyl sites for hydroxylation is 1. The second-order valence-corrected chi connectivity index (χ2v) is 5.48. The summed E-state index contributed by atoms with van der Waals surface area (Å²) in [5, 5.41) is 7.34. The number of nitrogens with zero attached hydrogens (tertiary/aromatic N) is 4. The number of carbonyl (C=O) groups is 1. The van der Waals surface area contributed by atoms with Gasteiger partial charge in [-0.05, 0) is 12.1 Å². The van der Waals surface area contributed by atoms with Crippen LogP contribution in [0.25, 0.3) is 11.0 Å². The molecule has 0 saturated heterocycles. The molecule has 0 bridgehead atoms. The zero-order valence-corrected chi connectivity index (χ0v) is 13.7. The van der Waals surface area contributed by atoms with Crippen molar-refractivity contribution in [3.05, 3.63) is 46.1 Å². The Kier molecular flexibility index (Phi) is 4.22. The van der Waals surface area contributed by atoms with E-state index in [-0.39, 0.29) is 12.1 Å². The third-order valence-corrected chi connectivity index (χ3v) is 3.80. The van der Waals surface area contributed by atoms with Crippen molar-refractivity contribution in [2.24, 2.45) is 7.05 Å². The van der Waals surface area contributed by atoms with Crippen LogP contribution in [-0.4, -0.2) is 32.3 Å². The standard InChI is InChI=1S/C15H14ClN5O3/c1-20-14-10(6-18-20)15(23)21(8-17-14)7-13(22)19-12-4-3-9(24-2)5-11(12)16/h3-6,8H,7H2,1-2H3,(H,19,22). The number of anilines is 1. The summed E-state index contributed by atoms with van der Waals surface area (Å²) in [6.07, 6.45) is 2.75. The number of ether oxygens (including phenoxy) is 1. The first-order valence-corrected chi connectivity index (χ1v) is 7.38. The highest BCUT2D eigenvalue weighted by atomic mass is 35.5. The van der Waals surface area contributed by atoms with Gasteiger partial charge in [-0.25, -0.2) is 4.98 Å². The Morgan fingerprint density at radius 3 is 2.92 bits per heavy atom. The van der Waals surface area contributed by atoms with Crippen LogP contribution in [0, 0.1) is 0 Å². The molecule has 0 unspecified atom stereocenters. The van der Waals surface area contributed by atoms with Crippen molar-refractivity contribution in [2.75, 3.05) is 12.4 Å². The van der Waals surface area contributed by atoms with Crippen molar-refractivity contribution in [1.29, 1.82) is 0 Å². The minimum atomic E-state index is -0.394. The molecule has 9 heteroatoms. The molecule has 2 heterocycles. The van der Waals surface area contributed by atoms with E-state index in [1.54, 1.807) is 25.2 Å². The van der Waals surface area contributed by atoms with Crippen LogP contribution in [0.4, 0.5) is 5.69 Å². The van der Waals surface area contributed by atoms with Crippen molar-refractivity contribution in [3.8, 4) is 5.75 Å². The number of nitrogens with one attached hydrogen (secondary N) is 1. The molecule has 1 N–H and O–H groups in total. The van der Waals surface area contributed by atoms with Gasteiger partial charge in [0.05, 0.1) is 24.0 Å². The normalized spacial score (nSPS) is 10.8. The molecule has 1 amide bonds. The molecule has 0 radical (unpaired) electrons. The first-order chi connectivity index (χ1) is 11.5. The quantitative estimate of drug-likeness (QED) is 0.771. The van der Waals surface area contributed by atoms with Gasteiger partial charge < -0.3 is 10.1 Å². The number of carbonyl (C=O) groups excluding carboxylic acids is 1. The van der Waals surface area contributed by atoms with Gasteiger partial charge in [-0.1, -0.05) is 11.6 Å². The number of aromatic nitrogens is 4. The fraction of sp³-hybridized carbons (Fsp3) is 0.200. The van der Waals surface area contributed by atoms with Crippen LogP contribution in [0.15, 0.2) is 35.5 Å². The van der Waals surface area contributed by atoms with Gasteiger partial charge in [0.2, 0.25) is 5.91 Å². The molecule has 0 aliphatic rings. The van der Waals surface area contributed by atoms with Gasteiger partial charge in [0.25, 0.3) is 5.56 Å². The molecule has 0 saturated carbocycles. The Balaban J connectivity index is 1.80. The zero-order chi connectivity index (χ0) is 17.3. The smallest absolute Gasteiger partial charge is 0.264 e. The van der Waals surface area contributed by atoms with Gasteiger partial charge in [-0.3, -0.25) is 18.8 Å². The van der Waals surface area contributed by atoms with Crippen molar-refractivity contribution >= 4 is 34.2 Å². The molecular weight excluding hydrogens is 334 g/mol. The molecule has 0 spiro atoms. The van der Waals surface area contributed by atoms with Crippen molar-refractivity contribution in [3.63, 3.8) is 0 Å². The van der Waals surface area contributed by atoms with Crippen LogP contribution in [0.1, 0.15) is 0 Å². The zero-order valence-electron chi connectivity index (χ0n) is 13.0. The van der Waals surface area contributed by atoms with Crippen molar-refractivity contribution in [2.45, 2.75) is 6.54 Å².